The molecular formula is C19H21ClFN3O2. The van der Waals surface area contributed by atoms with Gasteiger partial charge in [0.15, 0.2) is 0 Å². The molecule has 0 heterocycles. The van der Waals surface area contributed by atoms with E-state index in [0.29, 0.717) is 10.6 Å². The lowest BCUT2D eigenvalue weighted by atomic mass is 9.91. The predicted octanol–water partition coefficient (Wildman–Crippen LogP) is 2.65. The molecular weight excluding hydrogens is 357 g/mol. The number of hydrogen-bond acceptors (Lipinski definition) is 3. The second kappa shape index (κ2) is 8.29. The highest BCUT2D eigenvalue weighted by Gasteiger charge is 2.33. The van der Waals surface area contributed by atoms with Crippen LogP contribution in [-0.2, 0) is 15.1 Å². The Kier molecular flexibility index (Phi) is 6.34. The van der Waals surface area contributed by atoms with Gasteiger partial charge in [0, 0.05) is 5.02 Å². The third-order valence-corrected chi connectivity index (χ3v) is 4.48. The molecule has 0 aromatic heterocycles. The molecule has 0 spiro atoms. The van der Waals surface area contributed by atoms with E-state index >= 15 is 0 Å². The summed E-state index contributed by atoms with van der Waals surface area (Å²) in [5, 5.41) is 6.15. The van der Waals surface area contributed by atoms with Gasteiger partial charge in [0.1, 0.15) is 11.4 Å². The molecule has 0 aliphatic carbocycles. The predicted molar refractivity (Wildman–Crippen MR) is 99.0 cm³/mol. The summed E-state index contributed by atoms with van der Waals surface area (Å²) in [5.74, 6) is -1.29. The molecule has 2 atom stereocenters. The lowest BCUT2D eigenvalue weighted by Crippen LogP contribution is -2.53. The van der Waals surface area contributed by atoms with Crippen LogP contribution in [0.2, 0.25) is 5.02 Å². The van der Waals surface area contributed by atoms with Gasteiger partial charge in [-0.2, -0.15) is 0 Å². The van der Waals surface area contributed by atoms with Crippen molar-refractivity contribution in [2.24, 2.45) is 5.73 Å². The Balaban J connectivity index is 2.03. The first kappa shape index (κ1) is 19.9. The molecule has 2 aromatic rings. The lowest BCUT2D eigenvalue weighted by molar-refractivity contribution is -0.125. The zero-order valence-electron chi connectivity index (χ0n) is 14.6. The molecule has 2 unspecified atom stereocenters. The molecule has 0 fully saturated rings. The van der Waals surface area contributed by atoms with Crippen molar-refractivity contribution in [2.75, 3.05) is 6.54 Å². The molecule has 26 heavy (non-hydrogen) atoms. The van der Waals surface area contributed by atoms with Crippen LogP contribution in [0.25, 0.3) is 0 Å². The highest BCUT2D eigenvalue weighted by molar-refractivity contribution is 6.30. The second-order valence-corrected chi connectivity index (χ2v) is 6.63. The molecule has 138 valence electrons. The van der Waals surface area contributed by atoms with Gasteiger partial charge in [0.05, 0.1) is 12.6 Å². The van der Waals surface area contributed by atoms with Gasteiger partial charge in [0.2, 0.25) is 11.8 Å². The van der Waals surface area contributed by atoms with Crippen LogP contribution >= 0.6 is 11.6 Å². The Bertz CT molecular complexity index is 798. The molecule has 2 aromatic carbocycles. The standard InChI is InChI=1S/C19H21ClFN3O2/c1-12(13-6-8-16(21)9-7-13)24-17(25)11-23-19(2,18(22)26)14-4-3-5-15(20)10-14/h3-10,12,23H,11H2,1-2H3,(H2,22,26)(H,24,25). The van der Waals surface area contributed by atoms with Crippen LogP contribution in [0.15, 0.2) is 48.5 Å². The summed E-state index contributed by atoms with van der Waals surface area (Å²) in [6, 6.07) is 12.3. The second-order valence-electron chi connectivity index (χ2n) is 6.19. The molecule has 0 aliphatic heterocycles. The maximum absolute atomic E-state index is 13.0. The van der Waals surface area contributed by atoms with Crippen LogP contribution in [0.3, 0.4) is 0 Å². The minimum atomic E-state index is -1.25. The smallest absolute Gasteiger partial charge is 0.242 e. The number of halogens is 2. The van der Waals surface area contributed by atoms with Gasteiger partial charge >= 0.3 is 0 Å². The Morgan fingerprint density at radius 2 is 1.88 bits per heavy atom. The first-order valence-corrected chi connectivity index (χ1v) is 8.46. The van der Waals surface area contributed by atoms with Crippen LogP contribution in [0.5, 0.6) is 0 Å². The van der Waals surface area contributed by atoms with E-state index in [-0.39, 0.29) is 24.3 Å². The van der Waals surface area contributed by atoms with Crippen molar-refractivity contribution in [1.82, 2.24) is 10.6 Å². The Morgan fingerprint density at radius 1 is 1.23 bits per heavy atom. The number of amides is 2. The summed E-state index contributed by atoms with van der Waals surface area (Å²) in [5.41, 5.74) is 5.62. The van der Waals surface area contributed by atoms with E-state index in [0.717, 1.165) is 5.56 Å². The van der Waals surface area contributed by atoms with E-state index in [4.69, 9.17) is 17.3 Å². The zero-order chi connectivity index (χ0) is 19.3. The molecule has 2 amide bonds. The van der Waals surface area contributed by atoms with Gasteiger partial charge in [-0.1, -0.05) is 35.9 Å². The maximum atomic E-state index is 13.0. The quantitative estimate of drug-likeness (QED) is 0.693. The SMILES string of the molecule is CC(NC(=O)CNC(C)(C(N)=O)c1cccc(Cl)c1)c1ccc(F)cc1. The lowest BCUT2D eigenvalue weighted by Gasteiger charge is -2.28. The van der Waals surface area contributed by atoms with Gasteiger partial charge in [-0.3, -0.25) is 14.9 Å². The van der Waals surface area contributed by atoms with Gasteiger partial charge in [0.25, 0.3) is 0 Å². The van der Waals surface area contributed by atoms with Crippen molar-refractivity contribution in [2.45, 2.75) is 25.4 Å². The largest absolute Gasteiger partial charge is 0.368 e. The number of nitrogens with one attached hydrogen (secondary N) is 2. The third-order valence-electron chi connectivity index (χ3n) is 4.24. The van der Waals surface area contributed by atoms with Gasteiger partial charge < -0.3 is 11.1 Å². The summed E-state index contributed by atoms with van der Waals surface area (Å²) in [7, 11) is 0. The van der Waals surface area contributed by atoms with E-state index in [9.17, 15) is 14.0 Å². The van der Waals surface area contributed by atoms with E-state index < -0.39 is 11.4 Å². The Labute approximate surface area is 156 Å². The van der Waals surface area contributed by atoms with Gasteiger partial charge in [-0.05, 0) is 49.2 Å². The fourth-order valence-corrected chi connectivity index (χ4v) is 2.71. The molecule has 7 heteroatoms. The summed E-state index contributed by atoms with van der Waals surface area (Å²) in [6.45, 7) is 3.25. The number of primary amides is 1. The molecule has 0 saturated carbocycles. The zero-order valence-corrected chi connectivity index (χ0v) is 15.3. The van der Waals surface area contributed by atoms with E-state index in [1.165, 1.54) is 12.1 Å². The summed E-state index contributed by atoms with van der Waals surface area (Å²) in [4.78, 5) is 24.2. The normalized spacial score (nSPS) is 14.3. The fraction of sp³-hybridized carbons (Fsp3) is 0.263. The van der Waals surface area contributed by atoms with Crippen LogP contribution in [0.4, 0.5) is 4.39 Å². The van der Waals surface area contributed by atoms with Crippen LogP contribution in [0.1, 0.15) is 31.0 Å². The summed E-state index contributed by atoms with van der Waals surface area (Å²) in [6.07, 6.45) is 0. The van der Waals surface area contributed by atoms with Crippen molar-refractivity contribution in [1.29, 1.82) is 0 Å². The van der Waals surface area contributed by atoms with Crippen LogP contribution in [0, 0.1) is 5.82 Å². The Morgan fingerprint density at radius 3 is 2.46 bits per heavy atom. The summed E-state index contributed by atoms with van der Waals surface area (Å²) < 4.78 is 13.0. The molecule has 0 saturated heterocycles. The van der Waals surface area contributed by atoms with Crippen molar-refractivity contribution in [3.63, 3.8) is 0 Å². The molecule has 0 radical (unpaired) electrons. The monoisotopic (exact) mass is 377 g/mol. The molecule has 2 rings (SSSR count). The highest BCUT2D eigenvalue weighted by atomic mass is 35.5. The van der Waals surface area contributed by atoms with Crippen molar-refractivity contribution in [3.8, 4) is 0 Å². The topological polar surface area (TPSA) is 84.2 Å². The van der Waals surface area contributed by atoms with E-state index in [2.05, 4.69) is 10.6 Å². The van der Waals surface area contributed by atoms with E-state index in [1.54, 1.807) is 50.2 Å². The Hall–Kier alpha value is -2.44. The average molecular weight is 378 g/mol. The number of hydrogen-bond donors (Lipinski definition) is 3. The van der Waals surface area contributed by atoms with Crippen LogP contribution in [-0.4, -0.2) is 18.4 Å². The van der Waals surface area contributed by atoms with Crippen molar-refractivity contribution in [3.05, 3.63) is 70.5 Å². The minimum absolute atomic E-state index is 0.127. The van der Waals surface area contributed by atoms with Crippen molar-refractivity contribution < 1.29 is 14.0 Å². The third kappa shape index (κ3) is 4.80. The number of carbonyl (C=O) groups is 2. The first-order chi connectivity index (χ1) is 12.2. The van der Waals surface area contributed by atoms with Crippen molar-refractivity contribution >= 4 is 23.4 Å². The maximum Gasteiger partial charge on any atom is 0.242 e. The number of benzene rings is 2. The average Bonchev–Trinajstić information content (AvgIpc) is 2.60. The minimum Gasteiger partial charge on any atom is -0.368 e. The van der Waals surface area contributed by atoms with E-state index in [1.807, 2.05) is 0 Å². The first-order valence-electron chi connectivity index (χ1n) is 8.08. The number of carbonyl (C=O) groups excluding carboxylic acids is 2. The fourth-order valence-electron chi connectivity index (χ4n) is 2.52. The highest BCUT2D eigenvalue weighted by Crippen LogP contribution is 2.23. The van der Waals surface area contributed by atoms with Gasteiger partial charge in [-0.25, -0.2) is 4.39 Å². The number of rotatable bonds is 7. The molecule has 5 nitrogen and oxygen atoms in total. The number of nitrogens with two attached hydrogens (primary N) is 1. The van der Waals surface area contributed by atoms with Crippen LogP contribution < -0.4 is 16.4 Å². The summed E-state index contributed by atoms with van der Waals surface area (Å²) >= 11 is 5.98. The molecule has 4 N–H and O–H groups in total. The molecule has 0 aliphatic rings. The molecule has 0 bridgehead atoms. The van der Waals surface area contributed by atoms with Gasteiger partial charge in [-0.15, -0.1) is 0 Å².